The van der Waals surface area contributed by atoms with Crippen molar-refractivity contribution >= 4 is 63.5 Å². The number of rotatable bonds is 7. The molecule has 0 aromatic carbocycles. The average Bonchev–Trinajstić information content (AvgIpc) is 3.42. The standard InChI is InChI=1S/C15H14N8O5S3.Na/c16-15-18-6(4-31-15)8(21-28)11(24)19-9-12(25)23-10(14(26)27)5(3-30-13(9)23)2-29-7-1-17-22-20-7;/h1,4,9,13,28H,2-3H2,(H2,16,18)(H,19,24)(H,26,27)(H,17,20,22);/q;+1/p-1/t9?,13-;/m1./s1. The van der Waals surface area contributed by atoms with Gasteiger partial charge >= 0.3 is 29.6 Å². The molecule has 0 radical (unpaired) electrons. The predicted octanol–water partition coefficient (Wildman–Crippen LogP) is -4.78. The van der Waals surface area contributed by atoms with Crippen molar-refractivity contribution < 1.29 is 54.3 Å². The van der Waals surface area contributed by atoms with Gasteiger partial charge in [-0.3, -0.25) is 14.5 Å². The van der Waals surface area contributed by atoms with Gasteiger partial charge in [0.25, 0.3) is 11.8 Å². The summed E-state index contributed by atoms with van der Waals surface area (Å²) in [6, 6.07) is -0.996. The number of nitrogens with one attached hydrogen (secondary N) is 2. The zero-order valence-electron chi connectivity index (χ0n) is 16.3. The number of hydrogen-bond donors (Lipinski definition) is 4. The molecular formula is C15H13N8NaO5S3. The predicted molar refractivity (Wildman–Crippen MR) is 109 cm³/mol. The molecule has 2 aromatic rings. The molecule has 13 nitrogen and oxygen atoms in total. The van der Waals surface area contributed by atoms with Crippen molar-refractivity contribution in [2.45, 2.75) is 16.4 Å². The molecule has 1 saturated heterocycles. The molecule has 17 heteroatoms. The summed E-state index contributed by atoms with van der Waals surface area (Å²) in [6.45, 7) is 0. The van der Waals surface area contributed by atoms with Crippen molar-refractivity contribution in [3.63, 3.8) is 0 Å². The third kappa shape index (κ3) is 4.65. The van der Waals surface area contributed by atoms with E-state index < -0.39 is 34.9 Å². The summed E-state index contributed by atoms with van der Waals surface area (Å²) in [4.78, 5) is 41.9. The van der Waals surface area contributed by atoms with Crippen molar-refractivity contribution in [3.8, 4) is 0 Å². The van der Waals surface area contributed by atoms with Crippen LogP contribution in [0.15, 0.2) is 33.0 Å². The number of nitrogens with two attached hydrogens (primary N) is 1. The summed E-state index contributed by atoms with van der Waals surface area (Å²) in [6.07, 6.45) is 1.50. The maximum absolute atomic E-state index is 12.7. The zero-order valence-corrected chi connectivity index (χ0v) is 20.8. The summed E-state index contributed by atoms with van der Waals surface area (Å²) in [5.74, 6) is -2.32. The molecule has 5 N–H and O–H groups in total. The SMILES string of the molecule is Nc1nc(C(=NO)C(=O)NC2C(=O)N3C(C(=O)[O-])=C(CSc4cn[nH]n4)CS[C@H]23)cs1.[Na+]. The quantitative estimate of drug-likeness (QED) is 0.0704. The summed E-state index contributed by atoms with van der Waals surface area (Å²) in [7, 11) is 0. The molecule has 2 aliphatic rings. The van der Waals surface area contributed by atoms with Crippen molar-refractivity contribution in [2.24, 2.45) is 5.16 Å². The van der Waals surface area contributed by atoms with E-state index in [1.807, 2.05) is 0 Å². The number of carboxylic acids is 1. The van der Waals surface area contributed by atoms with Crippen LogP contribution in [0.2, 0.25) is 0 Å². The molecule has 2 aromatic heterocycles. The number of aromatic amines is 1. The Hall–Kier alpha value is -2.11. The van der Waals surface area contributed by atoms with Crippen LogP contribution in [0.5, 0.6) is 0 Å². The van der Waals surface area contributed by atoms with Crippen LogP contribution in [0, 0.1) is 0 Å². The molecule has 0 bridgehead atoms. The molecule has 4 rings (SSSR count). The van der Waals surface area contributed by atoms with Gasteiger partial charge in [-0.15, -0.1) is 28.2 Å². The number of carbonyl (C=O) groups excluding carboxylic acids is 3. The van der Waals surface area contributed by atoms with Crippen LogP contribution in [0.1, 0.15) is 5.69 Å². The van der Waals surface area contributed by atoms with E-state index in [1.54, 1.807) is 0 Å². The van der Waals surface area contributed by atoms with Gasteiger partial charge in [0.2, 0.25) is 0 Å². The smallest absolute Gasteiger partial charge is 0.543 e. The molecule has 0 aliphatic carbocycles. The number of aromatic nitrogens is 4. The average molecular weight is 505 g/mol. The number of nitrogen functional groups attached to an aromatic ring is 1. The number of thioether (sulfide) groups is 2. The third-order valence-corrected chi connectivity index (χ3v) is 7.39. The maximum atomic E-state index is 12.7. The second-order valence-electron chi connectivity index (χ2n) is 6.22. The molecule has 32 heavy (non-hydrogen) atoms. The van der Waals surface area contributed by atoms with Crippen LogP contribution in [0.4, 0.5) is 5.13 Å². The van der Waals surface area contributed by atoms with E-state index >= 15 is 0 Å². The maximum Gasteiger partial charge on any atom is 1.00 e. The minimum absolute atomic E-state index is 0. The topological polar surface area (TPSA) is 203 Å². The van der Waals surface area contributed by atoms with Crippen LogP contribution in [-0.4, -0.2) is 76.9 Å². The van der Waals surface area contributed by atoms with Gasteiger partial charge < -0.3 is 26.2 Å². The first kappa shape index (κ1) is 24.5. The van der Waals surface area contributed by atoms with Gasteiger partial charge in [-0.2, -0.15) is 10.3 Å². The fourth-order valence-corrected chi connectivity index (χ4v) is 5.84. The van der Waals surface area contributed by atoms with Gasteiger partial charge in [-0.05, 0) is 5.57 Å². The van der Waals surface area contributed by atoms with E-state index in [0.717, 1.165) is 16.2 Å². The fourth-order valence-electron chi connectivity index (χ4n) is 3.02. The van der Waals surface area contributed by atoms with Crippen LogP contribution in [0.3, 0.4) is 0 Å². The van der Waals surface area contributed by atoms with E-state index in [4.69, 9.17) is 5.73 Å². The summed E-state index contributed by atoms with van der Waals surface area (Å²) >= 11 is 3.62. The Kier molecular flexibility index (Phi) is 7.84. The molecule has 1 fully saturated rings. The molecule has 2 amide bonds. The summed E-state index contributed by atoms with van der Waals surface area (Å²) in [5, 5.41) is 38.0. The molecule has 4 heterocycles. The first-order valence-corrected chi connectivity index (χ1v) is 11.4. The molecule has 0 spiro atoms. The van der Waals surface area contributed by atoms with E-state index in [0.29, 0.717) is 16.4 Å². The normalized spacial score (nSPS) is 20.3. The van der Waals surface area contributed by atoms with Crippen LogP contribution in [0.25, 0.3) is 0 Å². The zero-order chi connectivity index (χ0) is 22.1. The fraction of sp³-hybridized carbons (Fsp3) is 0.267. The Morgan fingerprint density at radius 2 is 2.28 bits per heavy atom. The molecule has 162 valence electrons. The first-order valence-electron chi connectivity index (χ1n) is 8.51. The number of hydrogen-bond acceptors (Lipinski definition) is 13. The number of carboxylic acid groups (broad SMARTS) is 1. The first-order chi connectivity index (χ1) is 14.9. The van der Waals surface area contributed by atoms with Crippen molar-refractivity contribution in [1.29, 1.82) is 0 Å². The number of carbonyl (C=O) groups is 3. The summed E-state index contributed by atoms with van der Waals surface area (Å²) in [5.41, 5.74) is 5.48. The second-order valence-corrected chi connectivity index (χ2v) is 9.21. The number of fused-ring (bicyclic) bond motifs is 1. The monoisotopic (exact) mass is 504 g/mol. The van der Waals surface area contributed by atoms with Crippen molar-refractivity contribution in [2.75, 3.05) is 17.2 Å². The van der Waals surface area contributed by atoms with E-state index in [-0.39, 0.29) is 51.8 Å². The Balaban J connectivity index is 0.00000289. The van der Waals surface area contributed by atoms with Gasteiger partial charge in [0, 0.05) is 16.9 Å². The number of H-pyrrole nitrogens is 1. The van der Waals surface area contributed by atoms with E-state index in [1.165, 1.54) is 35.1 Å². The van der Waals surface area contributed by atoms with Crippen LogP contribution >= 0.6 is 34.9 Å². The third-order valence-electron chi connectivity index (χ3n) is 4.39. The molecular weight excluding hydrogens is 491 g/mol. The molecule has 2 atom stereocenters. The molecule has 0 saturated carbocycles. The van der Waals surface area contributed by atoms with Crippen LogP contribution < -0.4 is 45.7 Å². The summed E-state index contributed by atoms with van der Waals surface area (Å²) < 4.78 is 0. The second kappa shape index (κ2) is 10.2. The van der Waals surface area contributed by atoms with Crippen LogP contribution in [-0.2, 0) is 14.4 Å². The number of β-lactam (4-membered cyclic amide) rings is 1. The number of thiazole rings is 1. The number of anilines is 1. The number of nitrogens with zero attached hydrogens (tertiary/aromatic N) is 5. The minimum atomic E-state index is -1.48. The Morgan fingerprint density at radius 3 is 2.88 bits per heavy atom. The Morgan fingerprint density at radius 1 is 1.50 bits per heavy atom. The van der Waals surface area contributed by atoms with Gasteiger partial charge in [-0.25, -0.2) is 4.98 Å². The van der Waals surface area contributed by atoms with E-state index in [2.05, 4.69) is 30.9 Å². The van der Waals surface area contributed by atoms with Gasteiger partial charge in [0.05, 0.1) is 17.9 Å². The van der Waals surface area contributed by atoms with Gasteiger partial charge in [0.15, 0.2) is 10.8 Å². The minimum Gasteiger partial charge on any atom is -0.543 e. The molecule has 2 aliphatic heterocycles. The number of aliphatic carboxylic acids is 1. The largest absolute Gasteiger partial charge is 1.00 e. The molecule has 1 unspecified atom stereocenters. The van der Waals surface area contributed by atoms with E-state index in [9.17, 15) is 24.7 Å². The van der Waals surface area contributed by atoms with Gasteiger partial charge in [0.1, 0.15) is 22.1 Å². The van der Waals surface area contributed by atoms with Crippen molar-refractivity contribution in [1.82, 2.24) is 30.6 Å². The van der Waals surface area contributed by atoms with Gasteiger partial charge in [-0.1, -0.05) is 16.9 Å². The Labute approximate surface area is 214 Å². The Bertz CT molecular complexity index is 1100. The number of oxime groups is 1. The number of amides is 2. The van der Waals surface area contributed by atoms with Crippen molar-refractivity contribution in [3.05, 3.63) is 28.5 Å².